The van der Waals surface area contributed by atoms with Crippen LogP contribution in [0.5, 0.6) is 5.75 Å². The average Bonchev–Trinajstić information content (AvgIpc) is 1.78. The molecule has 0 saturated carbocycles. The molecular weight excluding hydrogens is 1290 g/mol. The maximum absolute atomic E-state index is 15.0. The van der Waals surface area contributed by atoms with Crippen LogP contribution in [0.3, 0.4) is 0 Å². The molecule has 0 bridgehead atoms. The number of aromatic nitrogens is 1. The summed E-state index contributed by atoms with van der Waals surface area (Å²) in [6, 6.07) is 3.75. The van der Waals surface area contributed by atoms with Gasteiger partial charge in [0, 0.05) is 67.5 Å². The average molecular weight is 1390 g/mol. The Kier molecular flexibility index (Phi) is 32.7. The second kappa shape index (κ2) is 39.1. The van der Waals surface area contributed by atoms with Gasteiger partial charge in [0.05, 0.1) is 29.1 Å². The molecule has 1 aliphatic rings. The maximum Gasteiger partial charge on any atom is 0.303 e. The summed E-state index contributed by atoms with van der Waals surface area (Å²) in [7, 11) is 0. The third kappa shape index (κ3) is 26.6. The van der Waals surface area contributed by atoms with Crippen LogP contribution < -0.4 is 53.8 Å². The monoisotopic (exact) mass is 1390 g/mol. The van der Waals surface area contributed by atoms with Crippen LogP contribution in [0, 0.1) is 23.2 Å². The van der Waals surface area contributed by atoms with Crippen molar-refractivity contribution in [1.82, 2.24) is 53.1 Å². The number of carbonyl (C=O) groups is 14. The van der Waals surface area contributed by atoms with Crippen LogP contribution in [0.25, 0.3) is 10.9 Å². The summed E-state index contributed by atoms with van der Waals surface area (Å²) in [6.45, 7) is 18.2. The van der Waals surface area contributed by atoms with E-state index in [4.69, 9.17) is 5.73 Å². The fourth-order valence-electron chi connectivity index (χ4n) is 11.8. The van der Waals surface area contributed by atoms with E-state index in [0.717, 1.165) is 23.7 Å². The normalized spacial score (nSPS) is 22.7. The molecule has 27 heteroatoms. The molecule has 27 nitrogen and oxygen atoms in total. The van der Waals surface area contributed by atoms with E-state index in [1.165, 1.54) is 86.6 Å². The highest BCUT2D eigenvalue weighted by atomic mass is 16.4. The summed E-state index contributed by atoms with van der Waals surface area (Å²) in [6.07, 6.45) is 8.62. The number of benzene rings is 2. The number of phenols is 1. The molecule has 550 valence electrons. The number of carboxylic acids is 1. The number of H-pyrrole nitrogens is 1. The molecule has 0 spiro atoms. The van der Waals surface area contributed by atoms with Crippen LogP contribution >= 0.6 is 0 Å². The van der Waals surface area contributed by atoms with Crippen LogP contribution in [0.1, 0.15) is 197 Å². The Morgan fingerprint density at radius 1 is 0.680 bits per heavy atom. The van der Waals surface area contributed by atoms with Gasteiger partial charge in [0.25, 0.3) is 0 Å². The summed E-state index contributed by atoms with van der Waals surface area (Å²) in [4.78, 5) is 194. The van der Waals surface area contributed by atoms with Gasteiger partial charge < -0.3 is 58.1 Å². The summed E-state index contributed by atoms with van der Waals surface area (Å²) in [5, 5.41) is 39.7. The number of Topliss-reactive ketones (excluding diaryl/α,β-unsaturated/α-hetero) is 5. The number of ketones is 5. The van der Waals surface area contributed by atoms with Gasteiger partial charge in [-0.25, -0.2) is 10.9 Å². The summed E-state index contributed by atoms with van der Waals surface area (Å²) >= 11 is 0. The highest BCUT2D eigenvalue weighted by molar-refractivity contribution is 6.41. The van der Waals surface area contributed by atoms with Crippen molar-refractivity contribution in [1.29, 1.82) is 0 Å². The molecule has 8 amide bonds. The number of para-hydroxylation sites is 1. The number of carboxylic acid groups (broad SMARTS) is 1. The molecule has 0 radical (unpaired) electrons. The number of phenolic OH excluding ortho intramolecular Hbond substituents is 1. The van der Waals surface area contributed by atoms with Gasteiger partial charge >= 0.3 is 5.97 Å². The van der Waals surface area contributed by atoms with Gasteiger partial charge in [0.2, 0.25) is 58.8 Å². The number of nitrogens with two attached hydrogens (primary N) is 1. The van der Waals surface area contributed by atoms with Crippen molar-refractivity contribution in [2.75, 3.05) is 0 Å². The number of nitrogens with one attached hydrogen (secondary N) is 10. The van der Waals surface area contributed by atoms with Gasteiger partial charge in [-0.1, -0.05) is 89.4 Å². The molecule has 3 aromatic rings. The Balaban J connectivity index is 1.65. The number of primary amides is 1. The van der Waals surface area contributed by atoms with Crippen molar-refractivity contribution >= 4 is 93.0 Å². The van der Waals surface area contributed by atoms with Crippen LogP contribution in [-0.2, 0) is 80.0 Å². The van der Waals surface area contributed by atoms with E-state index >= 15 is 4.79 Å². The Morgan fingerprint density at radius 2 is 1.27 bits per heavy atom. The molecule has 2 aromatic carbocycles. The predicted octanol–water partition coefficient (Wildman–Crippen LogP) is 4.92. The van der Waals surface area contributed by atoms with E-state index in [1.54, 1.807) is 13.1 Å². The smallest absolute Gasteiger partial charge is 0.303 e. The molecule has 2 heterocycles. The van der Waals surface area contributed by atoms with Crippen molar-refractivity contribution in [3.63, 3.8) is 0 Å². The van der Waals surface area contributed by atoms with Crippen molar-refractivity contribution in [2.24, 2.45) is 28.9 Å². The summed E-state index contributed by atoms with van der Waals surface area (Å²) in [5.74, 6) is -12.2. The molecule has 0 fully saturated rings. The first-order valence-corrected chi connectivity index (χ1v) is 34.7. The molecule has 100 heavy (non-hydrogen) atoms. The largest absolute Gasteiger partial charge is 0.508 e. The number of aromatic hydroxyl groups is 1. The zero-order valence-corrected chi connectivity index (χ0v) is 60.0. The van der Waals surface area contributed by atoms with E-state index in [9.17, 15) is 72.5 Å². The topological polar surface area (TPSA) is 430 Å². The van der Waals surface area contributed by atoms with E-state index in [0.29, 0.717) is 43.2 Å². The highest BCUT2D eigenvalue weighted by Crippen LogP contribution is 2.31. The Morgan fingerprint density at radius 3 is 1.90 bits per heavy atom. The van der Waals surface area contributed by atoms with Crippen molar-refractivity contribution < 1.29 is 77.3 Å². The van der Waals surface area contributed by atoms with Gasteiger partial charge in [0.1, 0.15) is 41.2 Å². The number of fused-ring (bicyclic) bond motifs is 1. The lowest BCUT2D eigenvalue weighted by molar-refractivity contribution is -0.140. The van der Waals surface area contributed by atoms with Gasteiger partial charge in [-0.15, -0.1) is 0 Å². The number of amides is 8. The molecule has 4 rings (SSSR count). The van der Waals surface area contributed by atoms with E-state index in [1.807, 2.05) is 50.3 Å². The minimum absolute atomic E-state index is 0.0598. The molecule has 1 aliphatic heterocycles. The first-order chi connectivity index (χ1) is 46.9. The maximum atomic E-state index is 15.0. The molecule has 11 atom stereocenters. The number of aliphatic carboxylic acids is 1. The number of aromatic amines is 1. The predicted molar refractivity (Wildman–Crippen MR) is 375 cm³/mol. The van der Waals surface area contributed by atoms with Crippen molar-refractivity contribution in [3.05, 3.63) is 78.0 Å². The minimum Gasteiger partial charge on any atom is -0.508 e. The number of allylic oxidation sites excluding steroid dienone is 2. The molecule has 2 unspecified atom stereocenters. The number of hydrogen-bond acceptors (Lipinski definition) is 17. The molecular formula is C73H107N11O16. The van der Waals surface area contributed by atoms with Crippen molar-refractivity contribution in [3.8, 4) is 5.75 Å². The zero-order valence-electron chi connectivity index (χ0n) is 60.0. The van der Waals surface area contributed by atoms with Gasteiger partial charge in [-0.2, -0.15) is 0 Å². The lowest BCUT2D eigenvalue weighted by atomic mass is 9.79. The summed E-state index contributed by atoms with van der Waals surface area (Å²) < 4.78 is 0. The molecule has 1 aromatic heterocycles. The van der Waals surface area contributed by atoms with E-state index in [2.05, 4.69) is 53.1 Å². The van der Waals surface area contributed by atoms with Crippen LogP contribution in [0.15, 0.2) is 66.9 Å². The van der Waals surface area contributed by atoms with Crippen LogP contribution in [-0.4, -0.2) is 151 Å². The summed E-state index contributed by atoms with van der Waals surface area (Å²) in [5.41, 5.74) is 8.27. The number of carbonyl (C=O) groups excluding carboxylic acids is 13. The lowest BCUT2D eigenvalue weighted by Crippen LogP contribution is -2.61. The number of hydrogen-bond donors (Lipinski definition) is 13. The minimum atomic E-state index is -1.67. The second-order valence-electron chi connectivity index (χ2n) is 28.4. The zero-order chi connectivity index (χ0) is 74.8. The highest BCUT2D eigenvalue weighted by Gasteiger charge is 2.41. The van der Waals surface area contributed by atoms with Gasteiger partial charge in [-0.05, 0) is 148 Å². The van der Waals surface area contributed by atoms with E-state index < -0.39 is 148 Å². The van der Waals surface area contributed by atoms with Crippen molar-refractivity contribution in [2.45, 2.75) is 252 Å². The fourth-order valence-corrected chi connectivity index (χ4v) is 11.8. The number of rotatable bonds is 27. The Bertz CT molecular complexity index is 3440. The van der Waals surface area contributed by atoms with E-state index in [-0.39, 0.29) is 87.4 Å². The Labute approximate surface area is 585 Å². The standard InChI is InChI=1S/C73H107N11O16/c1-42(2)36-50-28-32-58(87)56(39-51-41-75-54-25-21-20-24-53(51)54)79-68(98)57(38-49-26-29-52(86)30-27-49)80-67(97)55(31-33-60(89)90)81-69(99)72(11,40-44(4)85)34-22-18-16-14-13-15-17-19-23-35-73(12,82-66(50)96)70(100)78-48(8)65(95)77-47(7)64(94)76-45(5)61(91)62(92)46(6)83-84-71(9,10)59(88)37-43(3)63(74)93/h15,17,20-21,24-27,29-30,41-43,45-48,50,55-57,75,83-84,86H,13-14,16,18-19,22-23,28,31-40H2,1-12H3,(H2,74,93)(H,76,94)(H,77,95)(H,78,100)(H,79,98)(H,80,97)(H,81,99)(H,82,96)(H,89,90)/b17-15+/t43-,45-,46-,47?,48-,50-,55-,56-,57?,72-,73-/m0/s1. The fraction of sp³-hybridized carbons (Fsp3) is 0.589. The number of hydrazine groups is 1. The second-order valence-corrected chi connectivity index (χ2v) is 28.4. The first-order valence-electron chi connectivity index (χ1n) is 34.7. The Hall–Kier alpha value is -8.98. The molecule has 0 aliphatic carbocycles. The lowest BCUT2D eigenvalue weighted by Gasteiger charge is -2.33. The van der Waals surface area contributed by atoms with Crippen LogP contribution in [0.4, 0.5) is 0 Å². The third-order valence-corrected chi connectivity index (χ3v) is 18.3. The quantitative estimate of drug-likeness (QED) is 0.0273. The first kappa shape index (κ1) is 83.4. The third-order valence-electron chi connectivity index (χ3n) is 18.3. The van der Waals surface area contributed by atoms with Crippen LogP contribution in [0.2, 0.25) is 0 Å². The SMILES string of the molecule is CC(=O)C[C@]1(C)CCCCCC/C=C/CCC[C@@](C)(C(=O)N[C@@H](C)C(=O)NC(C)C(=O)N[C@@H](C)C(=O)C(=O)[C@H](C)NNC(C)(C)C(=O)C[C@H](C)C(N)=O)NC(=O)[C@H](CC(C)C)CCC(=O)[C@H](Cc2c[nH]c3ccccc23)NC(=O)C(Cc2ccc(O)cc2)NC(=O)[C@H](CCC(=O)O)NC1=O. The van der Waals surface area contributed by atoms with Gasteiger partial charge in [-0.3, -0.25) is 67.1 Å². The van der Waals surface area contributed by atoms with Gasteiger partial charge in [0.15, 0.2) is 11.6 Å². The molecule has 14 N–H and O–H groups in total. The molecule has 0 saturated heterocycles.